The summed E-state index contributed by atoms with van der Waals surface area (Å²) < 4.78 is 0. The molecule has 1 heterocycles. The van der Waals surface area contributed by atoms with Crippen LogP contribution in [-0.2, 0) is 0 Å². The zero-order valence-corrected chi connectivity index (χ0v) is 14.6. The van der Waals surface area contributed by atoms with E-state index < -0.39 is 0 Å². The Kier molecular flexibility index (Phi) is 4.66. The second-order valence-electron chi connectivity index (χ2n) is 8.98. The third-order valence-corrected chi connectivity index (χ3v) is 6.62. The lowest BCUT2D eigenvalue weighted by Crippen LogP contribution is -2.66. The van der Waals surface area contributed by atoms with E-state index in [-0.39, 0.29) is 0 Å². The summed E-state index contributed by atoms with van der Waals surface area (Å²) in [6, 6.07) is 0.846. The zero-order valence-electron chi connectivity index (χ0n) is 14.6. The molecule has 2 nitrogen and oxygen atoms in total. The standard InChI is InChI=1S/C19H36N2/c1-18(2,3)16-9-5-6-10-17(16)21-14-13-20-15-19(21)11-7-4-8-12-19/h16-17,20H,4-15H2,1-3H3. The molecule has 1 spiro atoms. The fourth-order valence-corrected chi connectivity index (χ4v) is 5.55. The van der Waals surface area contributed by atoms with Crippen LogP contribution in [0.4, 0.5) is 0 Å². The topological polar surface area (TPSA) is 15.3 Å². The summed E-state index contributed by atoms with van der Waals surface area (Å²) in [5.41, 5.74) is 0.966. The molecule has 2 aliphatic carbocycles. The van der Waals surface area contributed by atoms with E-state index in [1.165, 1.54) is 77.4 Å². The molecular formula is C19H36N2. The highest BCUT2D eigenvalue weighted by Gasteiger charge is 2.47. The van der Waals surface area contributed by atoms with Gasteiger partial charge in [-0.25, -0.2) is 0 Å². The van der Waals surface area contributed by atoms with E-state index in [1.54, 1.807) is 0 Å². The van der Waals surface area contributed by atoms with Crippen LogP contribution in [0.25, 0.3) is 0 Å². The summed E-state index contributed by atoms with van der Waals surface area (Å²) in [4.78, 5) is 3.01. The first-order valence-corrected chi connectivity index (χ1v) is 9.50. The maximum absolute atomic E-state index is 3.73. The lowest BCUT2D eigenvalue weighted by Gasteiger charge is -2.57. The fraction of sp³-hybridized carbons (Fsp3) is 1.00. The molecule has 1 aliphatic heterocycles. The van der Waals surface area contributed by atoms with E-state index in [1.807, 2.05) is 0 Å². The van der Waals surface area contributed by atoms with Crippen molar-refractivity contribution in [3.8, 4) is 0 Å². The van der Waals surface area contributed by atoms with Gasteiger partial charge in [0.25, 0.3) is 0 Å². The maximum atomic E-state index is 3.73. The van der Waals surface area contributed by atoms with Crippen LogP contribution in [0.15, 0.2) is 0 Å². The third kappa shape index (κ3) is 3.17. The van der Waals surface area contributed by atoms with Crippen molar-refractivity contribution in [1.29, 1.82) is 0 Å². The second kappa shape index (κ2) is 6.20. The van der Waals surface area contributed by atoms with E-state index in [4.69, 9.17) is 0 Å². The highest BCUT2D eigenvalue weighted by atomic mass is 15.3. The van der Waals surface area contributed by atoms with Gasteiger partial charge in [-0.05, 0) is 37.0 Å². The van der Waals surface area contributed by atoms with Crippen LogP contribution in [0.5, 0.6) is 0 Å². The lowest BCUT2D eigenvalue weighted by molar-refractivity contribution is -0.0596. The number of rotatable bonds is 1. The average molecular weight is 293 g/mol. The predicted molar refractivity (Wildman–Crippen MR) is 90.6 cm³/mol. The van der Waals surface area contributed by atoms with Crippen LogP contribution in [0.3, 0.4) is 0 Å². The number of nitrogens with one attached hydrogen (secondary N) is 1. The largest absolute Gasteiger partial charge is 0.314 e. The summed E-state index contributed by atoms with van der Waals surface area (Å²) in [5.74, 6) is 0.892. The van der Waals surface area contributed by atoms with Crippen LogP contribution >= 0.6 is 0 Å². The minimum absolute atomic E-state index is 0.464. The van der Waals surface area contributed by atoms with Gasteiger partial charge in [0.2, 0.25) is 0 Å². The van der Waals surface area contributed by atoms with Gasteiger partial charge in [-0.15, -0.1) is 0 Å². The monoisotopic (exact) mass is 292 g/mol. The molecule has 2 saturated carbocycles. The van der Waals surface area contributed by atoms with Gasteiger partial charge >= 0.3 is 0 Å². The molecule has 0 bridgehead atoms. The normalized spacial score (nSPS) is 35.0. The summed E-state index contributed by atoms with van der Waals surface area (Å²) in [6.45, 7) is 11.2. The molecule has 0 aromatic heterocycles. The Labute approximate surface area is 132 Å². The molecule has 1 N–H and O–H groups in total. The van der Waals surface area contributed by atoms with Crippen molar-refractivity contribution in [3.63, 3.8) is 0 Å². The Morgan fingerprint density at radius 1 is 0.952 bits per heavy atom. The fourth-order valence-electron chi connectivity index (χ4n) is 5.55. The van der Waals surface area contributed by atoms with Crippen LogP contribution in [-0.4, -0.2) is 36.1 Å². The minimum Gasteiger partial charge on any atom is -0.314 e. The Balaban J connectivity index is 1.83. The molecule has 2 atom stereocenters. The third-order valence-electron chi connectivity index (χ3n) is 6.62. The molecule has 1 saturated heterocycles. The van der Waals surface area contributed by atoms with E-state index in [0.717, 1.165) is 12.0 Å². The summed E-state index contributed by atoms with van der Waals surface area (Å²) in [5, 5.41) is 3.73. The van der Waals surface area contributed by atoms with Gasteiger partial charge in [0.05, 0.1) is 0 Å². The maximum Gasteiger partial charge on any atom is 0.0337 e. The SMILES string of the molecule is CC(C)(C)C1CCCCC1N1CCNCC12CCCCC2. The van der Waals surface area contributed by atoms with Gasteiger partial charge in [0.1, 0.15) is 0 Å². The van der Waals surface area contributed by atoms with Crippen molar-refractivity contribution in [1.82, 2.24) is 10.2 Å². The number of piperazine rings is 1. The van der Waals surface area contributed by atoms with Crippen molar-refractivity contribution >= 4 is 0 Å². The molecular weight excluding hydrogens is 256 g/mol. The number of nitrogens with zero attached hydrogens (tertiary/aromatic N) is 1. The minimum atomic E-state index is 0.464. The van der Waals surface area contributed by atoms with Crippen LogP contribution in [0.2, 0.25) is 0 Å². The summed E-state index contributed by atoms with van der Waals surface area (Å²) >= 11 is 0. The van der Waals surface area contributed by atoms with Gasteiger partial charge in [-0.3, -0.25) is 4.90 Å². The predicted octanol–water partition coefficient (Wildman–Crippen LogP) is 4.20. The molecule has 2 unspecified atom stereocenters. The summed E-state index contributed by atoms with van der Waals surface area (Å²) in [7, 11) is 0. The van der Waals surface area contributed by atoms with Gasteiger partial charge < -0.3 is 5.32 Å². The molecule has 0 radical (unpaired) electrons. The molecule has 3 aliphatic rings. The van der Waals surface area contributed by atoms with Gasteiger partial charge in [0.15, 0.2) is 0 Å². The second-order valence-corrected chi connectivity index (χ2v) is 8.98. The highest BCUT2D eigenvalue weighted by Crippen LogP contribution is 2.45. The van der Waals surface area contributed by atoms with Crippen molar-refractivity contribution in [2.75, 3.05) is 19.6 Å². The first-order chi connectivity index (χ1) is 10.0. The van der Waals surface area contributed by atoms with Crippen LogP contribution < -0.4 is 5.32 Å². The zero-order chi connectivity index (χ0) is 14.9. The highest BCUT2D eigenvalue weighted by molar-refractivity contribution is 5.03. The molecule has 0 aromatic rings. The lowest BCUT2D eigenvalue weighted by atomic mass is 9.67. The quantitative estimate of drug-likeness (QED) is 0.779. The number of hydrogen-bond acceptors (Lipinski definition) is 2. The molecule has 3 rings (SSSR count). The molecule has 0 amide bonds. The molecule has 122 valence electrons. The Morgan fingerprint density at radius 3 is 2.38 bits per heavy atom. The van der Waals surface area contributed by atoms with E-state index in [9.17, 15) is 0 Å². The first kappa shape index (κ1) is 15.8. The Bertz CT molecular complexity index is 330. The van der Waals surface area contributed by atoms with Crippen molar-refractivity contribution in [2.45, 2.75) is 90.1 Å². The molecule has 0 aromatic carbocycles. The molecule has 2 heteroatoms. The van der Waals surface area contributed by atoms with Crippen LogP contribution in [0, 0.1) is 11.3 Å². The van der Waals surface area contributed by atoms with E-state index in [2.05, 4.69) is 31.0 Å². The molecule has 3 fully saturated rings. The van der Waals surface area contributed by atoms with Crippen molar-refractivity contribution in [3.05, 3.63) is 0 Å². The number of hydrogen-bond donors (Lipinski definition) is 1. The van der Waals surface area contributed by atoms with Gasteiger partial charge in [-0.1, -0.05) is 52.9 Å². The summed E-state index contributed by atoms with van der Waals surface area (Å²) in [6.07, 6.45) is 13.0. The van der Waals surface area contributed by atoms with E-state index >= 15 is 0 Å². The average Bonchev–Trinajstić information content (AvgIpc) is 2.48. The Morgan fingerprint density at radius 2 is 1.67 bits per heavy atom. The Hall–Kier alpha value is -0.0800. The smallest absolute Gasteiger partial charge is 0.0337 e. The molecule has 21 heavy (non-hydrogen) atoms. The van der Waals surface area contributed by atoms with Crippen molar-refractivity contribution in [2.24, 2.45) is 11.3 Å². The van der Waals surface area contributed by atoms with Crippen molar-refractivity contribution < 1.29 is 0 Å². The first-order valence-electron chi connectivity index (χ1n) is 9.50. The van der Waals surface area contributed by atoms with Gasteiger partial charge in [-0.2, -0.15) is 0 Å². The van der Waals surface area contributed by atoms with E-state index in [0.29, 0.717) is 11.0 Å². The van der Waals surface area contributed by atoms with Gasteiger partial charge in [0, 0.05) is 31.2 Å². The van der Waals surface area contributed by atoms with Crippen LogP contribution in [0.1, 0.15) is 78.6 Å².